The third-order valence-electron chi connectivity index (χ3n) is 13.2. The highest BCUT2D eigenvalue weighted by Gasteiger charge is 2.64. The van der Waals surface area contributed by atoms with Crippen molar-refractivity contribution < 1.29 is 34.1 Å². The second-order valence-electron chi connectivity index (χ2n) is 17.8. The predicted molar refractivity (Wildman–Crippen MR) is 260 cm³/mol. The Bertz CT molecular complexity index is 1930. The number of unbranched alkanes of at least 4 members (excludes halogenated alkanes) is 11. The van der Waals surface area contributed by atoms with E-state index in [1.54, 1.807) is 30.2 Å². The highest BCUT2D eigenvalue weighted by Crippen LogP contribution is 2.62. The average molecular weight is 911 g/mol. The summed E-state index contributed by atoms with van der Waals surface area (Å²) in [5.41, 5.74) is 4.84. The molecule has 65 heavy (non-hydrogen) atoms. The molecule has 1 amide bonds. The molecule has 11 nitrogen and oxygen atoms in total. The number of nitrogens with one attached hydrogen (secondary N) is 1. The maximum absolute atomic E-state index is 13.3. The first kappa shape index (κ1) is 50.2. The number of oxime groups is 1. The summed E-state index contributed by atoms with van der Waals surface area (Å²) in [6.45, 7) is 7.74. The number of carbonyl (C=O) groups excluding carboxylic acids is 1. The monoisotopic (exact) mass is 911 g/mol. The first-order chi connectivity index (χ1) is 32.0. The van der Waals surface area contributed by atoms with Gasteiger partial charge < -0.3 is 34.6 Å². The topological polar surface area (TPSA) is 145 Å². The number of nitrogens with zero attached hydrogens (tertiary/aromatic N) is 3. The lowest BCUT2D eigenvalue weighted by atomic mass is 9.56. The third-order valence-corrected chi connectivity index (χ3v) is 14.5. The van der Waals surface area contributed by atoms with E-state index in [0.29, 0.717) is 43.9 Å². The minimum atomic E-state index is -1.11. The van der Waals surface area contributed by atoms with Gasteiger partial charge in [-0.15, -0.1) is 6.58 Å². The van der Waals surface area contributed by atoms with Gasteiger partial charge in [0.1, 0.15) is 18.1 Å². The molecule has 1 saturated carbocycles. The summed E-state index contributed by atoms with van der Waals surface area (Å²) >= 11 is 1.79. The number of aliphatic hydroxyl groups excluding tert-OH is 2. The Hall–Kier alpha value is -4.23. The molecule has 6 atom stereocenters. The molecule has 3 aromatic rings. The van der Waals surface area contributed by atoms with Crippen LogP contribution < -0.4 is 14.8 Å². The maximum Gasteiger partial charge on any atom is 0.412 e. The van der Waals surface area contributed by atoms with E-state index in [1.165, 1.54) is 51.4 Å². The second kappa shape index (κ2) is 27.4. The fourth-order valence-electron chi connectivity index (χ4n) is 10.0. The molecular weight excluding hydrogens is 837 g/mol. The number of ether oxygens (including phenoxy) is 3. The van der Waals surface area contributed by atoms with Crippen LogP contribution in [0.1, 0.15) is 139 Å². The number of allylic oxidation sites excluding steroid dienone is 1. The molecule has 2 aliphatic carbocycles. The van der Waals surface area contributed by atoms with E-state index in [-0.39, 0.29) is 48.7 Å². The number of carbonyl (C=O) groups is 1. The Morgan fingerprint density at radius 3 is 2.43 bits per heavy atom. The minimum Gasteiger partial charge on any atom is -0.460 e. The van der Waals surface area contributed by atoms with Crippen molar-refractivity contribution in [1.82, 2.24) is 15.3 Å². The van der Waals surface area contributed by atoms with Gasteiger partial charge in [-0.2, -0.15) is 11.8 Å². The SMILES string of the molecule is C=CCOC12Oc3ccc(OC(=O)NCCCCCCCCCCCC)cc3C3C(CCCCO)C(CCCCO)C=C(C(=NOCc4ccccc4)CC1SCCc1cnccn1)C32. The highest BCUT2D eigenvalue weighted by atomic mass is 32.2. The van der Waals surface area contributed by atoms with Crippen LogP contribution in [0.15, 0.2) is 96.6 Å². The van der Waals surface area contributed by atoms with E-state index in [4.69, 9.17) is 24.2 Å². The second-order valence-corrected chi connectivity index (χ2v) is 19.1. The molecule has 6 rings (SSSR count). The van der Waals surface area contributed by atoms with Crippen molar-refractivity contribution in [3.8, 4) is 11.5 Å². The first-order valence-electron chi connectivity index (χ1n) is 24.6. The Balaban J connectivity index is 1.32. The number of aryl methyl sites for hydroxylation is 1. The highest BCUT2D eigenvalue weighted by molar-refractivity contribution is 8.00. The molecule has 0 saturated heterocycles. The van der Waals surface area contributed by atoms with Gasteiger partial charge >= 0.3 is 6.09 Å². The van der Waals surface area contributed by atoms with Crippen LogP contribution in [0, 0.1) is 17.8 Å². The molecule has 0 bridgehead atoms. The summed E-state index contributed by atoms with van der Waals surface area (Å²) in [6.07, 6.45) is 27.3. The van der Waals surface area contributed by atoms with Crippen LogP contribution in [0.3, 0.4) is 0 Å². The number of rotatable bonds is 30. The molecule has 3 N–H and O–H groups in total. The van der Waals surface area contributed by atoms with Crippen LogP contribution in [0.5, 0.6) is 11.5 Å². The molecule has 3 aliphatic rings. The van der Waals surface area contributed by atoms with E-state index in [2.05, 4.69) is 34.9 Å². The van der Waals surface area contributed by atoms with Crippen LogP contribution in [-0.4, -0.2) is 75.1 Å². The van der Waals surface area contributed by atoms with Crippen molar-refractivity contribution in [2.24, 2.45) is 22.9 Å². The lowest BCUT2D eigenvalue weighted by Gasteiger charge is -2.58. The minimum absolute atomic E-state index is 0.120. The normalized spacial score (nSPS) is 22.6. The standard InChI is InChI=1S/C53H74N4O7S/c1-3-5-6-7-8-9-10-11-12-18-28-56-52(60)63-43-25-26-48-46(36-43)50-44(24-17-20-32-59)41(23-16-19-31-58)35-45-47(57-62-39-40-21-14-13-15-22-40)37-49(53(64-48,51(45)50)61-33-4-2)65-34-27-42-38-54-29-30-55-42/h4,13-15,21-22,25-26,29-30,35-36,38,41,44,49-51,58-59H,2-3,5-12,16-20,23-24,27-28,31-34,37,39H2,1H3,(H,56,60). The van der Waals surface area contributed by atoms with Crippen molar-refractivity contribution in [3.63, 3.8) is 0 Å². The molecule has 2 heterocycles. The number of thioether (sulfide) groups is 1. The molecule has 1 aliphatic heterocycles. The van der Waals surface area contributed by atoms with Gasteiger partial charge in [-0.1, -0.05) is 125 Å². The Labute approximate surface area is 392 Å². The maximum atomic E-state index is 13.3. The Morgan fingerprint density at radius 1 is 0.954 bits per heavy atom. The summed E-state index contributed by atoms with van der Waals surface area (Å²) < 4.78 is 20.4. The van der Waals surface area contributed by atoms with Gasteiger partial charge in [-0.3, -0.25) is 9.97 Å². The fraction of sp³-hybridized carbons (Fsp3) is 0.585. The predicted octanol–water partition coefficient (Wildman–Crippen LogP) is 11.3. The zero-order chi connectivity index (χ0) is 45.5. The van der Waals surface area contributed by atoms with E-state index in [0.717, 1.165) is 78.8 Å². The van der Waals surface area contributed by atoms with E-state index in [9.17, 15) is 15.0 Å². The molecule has 1 fully saturated rings. The molecular formula is C53H74N4O7S. The average Bonchev–Trinajstić information content (AvgIpc) is 3.32. The molecule has 354 valence electrons. The number of benzene rings is 2. The molecule has 6 unspecified atom stereocenters. The Kier molecular flexibility index (Phi) is 21.2. The lowest BCUT2D eigenvalue weighted by Crippen LogP contribution is -2.64. The van der Waals surface area contributed by atoms with Gasteiger partial charge in [0.2, 0.25) is 5.79 Å². The molecule has 12 heteroatoms. The van der Waals surface area contributed by atoms with Gasteiger partial charge in [-0.25, -0.2) is 4.79 Å². The quantitative estimate of drug-likeness (QED) is 0.0336. The number of aromatic nitrogens is 2. The van der Waals surface area contributed by atoms with E-state index < -0.39 is 11.9 Å². The molecule has 2 aromatic carbocycles. The van der Waals surface area contributed by atoms with Crippen molar-refractivity contribution in [2.75, 3.05) is 32.1 Å². The first-order valence-corrected chi connectivity index (χ1v) is 25.6. The van der Waals surface area contributed by atoms with Gasteiger partial charge in [0.25, 0.3) is 0 Å². The van der Waals surface area contributed by atoms with E-state index in [1.807, 2.05) is 54.7 Å². The van der Waals surface area contributed by atoms with Crippen LogP contribution >= 0.6 is 11.8 Å². The van der Waals surface area contributed by atoms with Gasteiger partial charge in [-0.05, 0) is 79.0 Å². The van der Waals surface area contributed by atoms with Crippen LogP contribution in [-0.2, 0) is 22.6 Å². The van der Waals surface area contributed by atoms with Crippen molar-refractivity contribution >= 4 is 23.6 Å². The van der Waals surface area contributed by atoms with Gasteiger partial charge in [0, 0.05) is 62.7 Å². The number of aliphatic hydroxyl groups is 2. The summed E-state index contributed by atoms with van der Waals surface area (Å²) in [6, 6.07) is 15.8. The van der Waals surface area contributed by atoms with Gasteiger partial charge in [0.05, 0.1) is 29.2 Å². The summed E-state index contributed by atoms with van der Waals surface area (Å²) in [5, 5.41) is 27.6. The van der Waals surface area contributed by atoms with Crippen molar-refractivity contribution in [2.45, 2.75) is 146 Å². The zero-order valence-electron chi connectivity index (χ0n) is 38.8. The number of fused-ring (bicyclic) bond motifs is 2. The van der Waals surface area contributed by atoms with Crippen molar-refractivity contribution in [1.29, 1.82) is 0 Å². The zero-order valence-corrected chi connectivity index (χ0v) is 39.6. The smallest absolute Gasteiger partial charge is 0.412 e. The van der Waals surface area contributed by atoms with Crippen molar-refractivity contribution in [3.05, 3.63) is 108 Å². The third kappa shape index (κ3) is 14.4. The Morgan fingerprint density at radius 2 is 1.71 bits per heavy atom. The summed E-state index contributed by atoms with van der Waals surface area (Å²) in [7, 11) is 0. The largest absolute Gasteiger partial charge is 0.460 e. The van der Waals surface area contributed by atoms with E-state index >= 15 is 0 Å². The summed E-state index contributed by atoms with van der Waals surface area (Å²) in [5.74, 6) is 0.637. The molecule has 1 aromatic heterocycles. The van der Waals surface area contributed by atoms with Crippen LogP contribution in [0.4, 0.5) is 4.79 Å². The molecule has 0 spiro atoms. The number of amides is 1. The van der Waals surface area contributed by atoms with Crippen LogP contribution in [0.2, 0.25) is 0 Å². The molecule has 0 radical (unpaired) electrons. The van der Waals surface area contributed by atoms with Gasteiger partial charge in [0.15, 0.2) is 0 Å². The number of hydrogen-bond donors (Lipinski definition) is 3. The number of hydrogen-bond acceptors (Lipinski definition) is 11. The summed E-state index contributed by atoms with van der Waals surface area (Å²) in [4.78, 5) is 28.4. The lowest BCUT2D eigenvalue weighted by molar-refractivity contribution is -0.223. The van der Waals surface area contributed by atoms with Crippen LogP contribution in [0.25, 0.3) is 0 Å². The fourth-order valence-corrected chi connectivity index (χ4v) is 11.4.